The average molecular weight is 564 g/mol. The highest BCUT2D eigenvalue weighted by Crippen LogP contribution is 2.43. The molecule has 0 saturated heterocycles. The number of aliphatic imine (C=N–C) groups is 1. The number of nitrogens with zero attached hydrogens (tertiary/aromatic N) is 3. The van der Waals surface area contributed by atoms with Gasteiger partial charge in [0.25, 0.3) is 6.02 Å². The number of halogens is 3. The number of pyridine rings is 1. The van der Waals surface area contributed by atoms with Crippen LogP contribution in [0.1, 0.15) is 38.8 Å². The van der Waals surface area contributed by atoms with Crippen LogP contribution < -0.4 is 14.8 Å². The van der Waals surface area contributed by atoms with E-state index in [1.165, 1.54) is 24.4 Å². The minimum atomic E-state index is -4.70. The van der Waals surface area contributed by atoms with Gasteiger partial charge in [0.2, 0.25) is 0 Å². The van der Waals surface area contributed by atoms with Gasteiger partial charge in [-0.2, -0.15) is 18.4 Å². The monoisotopic (exact) mass is 563 g/mol. The van der Waals surface area contributed by atoms with Crippen molar-refractivity contribution in [3.05, 3.63) is 66.0 Å². The average Bonchev–Trinajstić information content (AvgIpc) is 3.35. The Bertz CT molecular complexity index is 1670. The molecule has 0 saturated carbocycles. The molecule has 0 aliphatic carbocycles. The van der Waals surface area contributed by atoms with Gasteiger partial charge in [-0.25, -0.2) is 9.98 Å². The number of alkyl halides is 3. The molecule has 8 nitrogen and oxygen atoms in total. The van der Waals surface area contributed by atoms with Crippen molar-refractivity contribution in [3.63, 3.8) is 0 Å². The van der Waals surface area contributed by atoms with E-state index in [-0.39, 0.29) is 34.7 Å². The first kappa shape index (κ1) is 27.8. The van der Waals surface area contributed by atoms with E-state index in [9.17, 15) is 18.4 Å². The molecule has 4 aromatic rings. The fraction of sp³-hybridized carbons (Fsp3) is 0.300. The van der Waals surface area contributed by atoms with Gasteiger partial charge in [-0.05, 0) is 55.8 Å². The Hall–Kier alpha value is -4.72. The quantitative estimate of drug-likeness (QED) is 0.251. The number of aromatic nitrogens is 2. The zero-order chi connectivity index (χ0) is 29.4. The highest BCUT2D eigenvalue weighted by Gasteiger charge is 2.35. The lowest BCUT2D eigenvalue weighted by atomic mass is 9.95. The fourth-order valence-electron chi connectivity index (χ4n) is 4.36. The molecule has 5 rings (SSSR count). The Balaban J connectivity index is 1.51. The van der Waals surface area contributed by atoms with E-state index in [4.69, 9.17) is 14.2 Å². The first-order valence-corrected chi connectivity index (χ1v) is 12.9. The van der Waals surface area contributed by atoms with E-state index < -0.39 is 11.7 Å². The van der Waals surface area contributed by atoms with Crippen molar-refractivity contribution >= 4 is 22.7 Å². The third-order valence-electron chi connectivity index (χ3n) is 6.32. The summed E-state index contributed by atoms with van der Waals surface area (Å²) in [5, 5.41) is 13.0. The van der Waals surface area contributed by atoms with E-state index in [0.29, 0.717) is 46.6 Å². The summed E-state index contributed by atoms with van der Waals surface area (Å²) in [6.07, 6.45) is -1.70. The molecular weight excluding hydrogens is 535 g/mol. The minimum Gasteiger partial charge on any atom is -0.490 e. The normalized spacial score (nSPS) is 14.8. The molecule has 1 aliphatic heterocycles. The van der Waals surface area contributed by atoms with Crippen molar-refractivity contribution in [1.29, 1.82) is 5.26 Å². The Morgan fingerprint density at radius 1 is 1.10 bits per heavy atom. The lowest BCUT2D eigenvalue weighted by molar-refractivity contribution is -0.138. The molecule has 0 amide bonds. The molecule has 2 aromatic heterocycles. The van der Waals surface area contributed by atoms with Crippen LogP contribution in [0.15, 0.2) is 59.9 Å². The van der Waals surface area contributed by atoms with Crippen LogP contribution in [0.4, 0.5) is 18.9 Å². The second-order valence-corrected chi connectivity index (χ2v) is 10.7. The van der Waals surface area contributed by atoms with Crippen LogP contribution in [0.5, 0.6) is 17.2 Å². The van der Waals surface area contributed by atoms with Gasteiger partial charge in [-0.1, -0.05) is 19.9 Å². The van der Waals surface area contributed by atoms with E-state index in [0.717, 1.165) is 6.07 Å². The lowest BCUT2D eigenvalue weighted by Gasteiger charge is -2.28. The summed E-state index contributed by atoms with van der Waals surface area (Å²) in [7, 11) is 0. The van der Waals surface area contributed by atoms with Gasteiger partial charge in [-0.3, -0.25) is 0 Å². The Morgan fingerprint density at radius 3 is 2.56 bits per heavy atom. The number of benzene rings is 2. The molecule has 3 heterocycles. The molecule has 2 N–H and O–H groups in total. The van der Waals surface area contributed by atoms with Gasteiger partial charge in [0, 0.05) is 29.1 Å². The van der Waals surface area contributed by atoms with E-state index in [1.807, 2.05) is 27.7 Å². The van der Waals surface area contributed by atoms with Crippen molar-refractivity contribution in [2.24, 2.45) is 10.4 Å². The number of nitrogens with one attached hydrogen (secondary N) is 2. The maximum Gasteiger partial charge on any atom is 0.420 e. The van der Waals surface area contributed by atoms with Crippen LogP contribution in [0.25, 0.3) is 22.2 Å². The van der Waals surface area contributed by atoms with Gasteiger partial charge in [-0.15, -0.1) is 0 Å². The maximum absolute atomic E-state index is 14.2. The summed E-state index contributed by atoms with van der Waals surface area (Å²) in [4.78, 5) is 11.6. The predicted octanol–water partition coefficient (Wildman–Crippen LogP) is 7.52. The van der Waals surface area contributed by atoms with Gasteiger partial charge in [0.15, 0.2) is 0 Å². The number of amidine groups is 1. The molecule has 0 radical (unpaired) electrons. The number of ether oxygens (including phenoxy) is 3. The van der Waals surface area contributed by atoms with Crippen LogP contribution in [0, 0.1) is 16.7 Å². The summed E-state index contributed by atoms with van der Waals surface area (Å²) in [5.41, 5.74) is 1.05. The molecule has 0 bridgehead atoms. The van der Waals surface area contributed by atoms with E-state index >= 15 is 0 Å². The standard InChI is InChI=1S/C30H28F3N5O3/c1-17(2)40-23-7-5-18(11-19(23)13-34)21-14-36-27-26(21)25(9-10-35-27)41-24-8-6-20(12-22(24)30(31,32)33)38-28-37-15-29(3,4)16-39-28/h5-12,14,17H,15-16H2,1-4H3,(H,35,36)(H,37,38). The molecule has 0 fully saturated rings. The third kappa shape index (κ3) is 6.06. The van der Waals surface area contributed by atoms with Gasteiger partial charge in [0.1, 0.15) is 34.5 Å². The second-order valence-electron chi connectivity index (χ2n) is 10.7. The largest absolute Gasteiger partial charge is 0.490 e. The number of hydrogen-bond acceptors (Lipinski definition) is 7. The molecule has 212 valence electrons. The smallest absolute Gasteiger partial charge is 0.420 e. The van der Waals surface area contributed by atoms with Crippen molar-refractivity contribution < 1.29 is 27.4 Å². The topological polar surface area (TPSA) is 105 Å². The maximum atomic E-state index is 14.2. The highest BCUT2D eigenvalue weighted by molar-refractivity contribution is 5.98. The summed E-state index contributed by atoms with van der Waals surface area (Å²) in [6, 6.07) is 12.6. The van der Waals surface area contributed by atoms with E-state index in [1.54, 1.807) is 24.4 Å². The zero-order valence-corrected chi connectivity index (χ0v) is 22.9. The zero-order valence-electron chi connectivity index (χ0n) is 22.9. The second kappa shape index (κ2) is 10.7. The number of hydrogen-bond donors (Lipinski definition) is 2. The van der Waals surface area contributed by atoms with Crippen molar-refractivity contribution in [1.82, 2.24) is 9.97 Å². The van der Waals surface area contributed by atoms with Crippen molar-refractivity contribution in [3.8, 4) is 34.4 Å². The summed E-state index contributed by atoms with van der Waals surface area (Å²) in [5.74, 6) is 0.229. The number of aromatic amines is 1. The number of rotatable bonds is 6. The summed E-state index contributed by atoms with van der Waals surface area (Å²) in [6.45, 7) is 8.59. The first-order chi connectivity index (χ1) is 19.4. The SMILES string of the molecule is CC(C)Oc1ccc(-c2c[nH]c3nccc(Oc4ccc(NC5=NCC(C)(C)CO5)cc4C(F)(F)F)c23)cc1C#N. The predicted molar refractivity (Wildman–Crippen MR) is 149 cm³/mol. The number of anilines is 1. The Kier molecular flexibility index (Phi) is 7.26. The fourth-order valence-corrected chi connectivity index (χ4v) is 4.36. The Morgan fingerprint density at radius 2 is 1.88 bits per heavy atom. The summed E-state index contributed by atoms with van der Waals surface area (Å²) < 4.78 is 59.8. The molecule has 2 aromatic carbocycles. The number of nitriles is 1. The van der Waals surface area contributed by atoms with Crippen LogP contribution in [-0.2, 0) is 10.9 Å². The van der Waals surface area contributed by atoms with Gasteiger partial charge in [0.05, 0.1) is 30.2 Å². The molecule has 1 aliphatic rings. The van der Waals surface area contributed by atoms with Gasteiger partial charge < -0.3 is 24.5 Å². The highest BCUT2D eigenvalue weighted by atomic mass is 19.4. The molecule has 11 heteroatoms. The van der Waals surface area contributed by atoms with Gasteiger partial charge >= 0.3 is 6.18 Å². The van der Waals surface area contributed by atoms with E-state index in [2.05, 4.69) is 26.3 Å². The van der Waals surface area contributed by atoms with Crippen LogP contribution in [0.3, 0.4) is 0 Å². The molecule has 41 heavy (non-hydrogen) atoms. The van der Waals surface area contributed by atoms with Crippen LogP contribution in [-0.4, -0.2) is 35.2 Å². The summed E-state index contributed by atoms with van der Waals surface area (Å²) >= 11 is 0. The minimum absolute atomic E-state index is 0.120. The molecule has 0 atom stereocenters. The first-order valence-electron chi connectivity index (χ1n) is 12.9. The molecule has 0 spiro atoms. The van der Waals surface area contributed by atoms with Crippen molar-refractivity contribution in [2.75, 3.05) is 18.5 Å². The number of fused-ring (bicyclic) bond motifs is 1. The Labute approximate surface area is 234 Å². The lowest BCUT2D eigenvalue weighted by Crippen LogP contribution is -2.33. The van der Waals surface area contributed by atoms with Crippen molar-refractivity contribution in [2.45, 2.75) is 40.0 Å². The van der Waals surface area contributed by atoms with Crippen LogP contribution in [0.2, 0.25) is 0 Å². The number of H-pyrrole nitrogens is 1. The molecule has 0 unspecified atom stereocenters. The van der Waals surface area contributed by atoms with Crippen LogP contribution >= 0.6 is 0 Å². The molecular formula is C30H28F3N5O3. The third-order valence-corrected chi connectivity index (χ3v) is 6.32.